The van der Waals surface area contributed by atoms with Gasteiger partial charge in [-0.2, -0.15) is 13.5 Å². The number of alkyl halides is 4. The van der Waals surface area contributed by atoms with Gasteiger partial charge in [0.05, 0.1) is 24.0 Å². The molecule has 1 saturated heterocycles. The average molecular weight is 661 g/mol. The zero-order valence-corrected chi connectivity index (χ0v) is 25.5. The van der Waals surface area contributed by atoms with E-state index in [1.807, 2.05) is 18.4 Å². The highest BCUT2D eigenvalue weighted by Crippen LogP contribution is 2.36. The van der Waals surface area contributed by atoms with Gasteiger partial charge in [-0.1, -0.05) is 25.5 Å². The van der Waals surface area contributed by atoms with Gasteiger partial charge in [-0.05, 0) is 37.0 Å². The molecule has 2 aromatic heterocycles. The van der Waals surface area contributed by atoms with Crippen LogP contribution in [0.3, 0.4) is 0 Å². The average Bonchev–Trinajstić information content (AvgIpc) is 3.60. The van der Waals surface area contributed by atoms with Crippen LogP contribution in [0.1, 0.15) is 90.9 Å². The number of likely N-dealkylation sites (tertiary alicyclic amines) is 1. The van der Waals surface area contributed by atoms with Crippen LogP contribution in [-0.4, -0.2) is 52.8 Å². The van der Waals surface area contributed by atoms with Crippen molar-refractivity contribution >= 4 is 27.4 Å². The SMILES string of the molecule is CCCCS(=O)(=O)Oc1cccc2c1COC(c1csc(C3CCN(C(=O)Cn4nc(C(F)F)cc4C(F)F)CC3)n1)OC2. The summed E-state index contributed by atoms with van der Waals surface area (Å²) in [5.41, 5.74) is 0.419. The maximum atomic E-state index is 13.3. The number of carbonyl (C=O) groups is 1. The second-order valence-corrected chi connectivity index (χ2v) is 13.1. The first kappa shape index (κ1) is 32.3. The molecule has 1 fully saturated rings. The van der Waals surface area contributed by atoms with Crippen molar-refractivity contribution < 1.29 is 44.4 Å². The van der Waals surface area contributed by atoms with Gasteiger partial charge in [-0.15, -0.1) is 11.3 Å². The lowest BCUT2D eigenvalue weighted by Gasteiger charge is -2.31. The van der Waals surface area contributed by atoms with Crippen LogP contribution in [0.5, 0.6) is 5.75 Å². The van der Waals surface area contributed by atoms with E-state index in [4.69, 9.17) is 18.6 Å². The van der Waals surface area contributed by atoms with Crippen molar-refractivity contribution in [3.05, 3.63) is 62.9 Å². The summed E-state index contributed by atoms with van der Waals surface area (Å²) >= 11 is 1.43. The van der Waals surface area contributed by atoms with Crippen LogP contribution >= 0.6 is 11.3 Å². The number of aromatic nitrogens is 3. The molecule has 1 aromatic carbocycles. The Morgan fingerprint density at radius 3 is 2.59 bits per heavy atom. The Balaban J connectivity index is 1.17. The van der Waals surface area contributed by atoms with Crippen LogP contribution in [0.4, 0.5) is 17.6 Å². The molecule has 2 aliphatic rings. The quantitative estimate of drug-likeness (QED) is 0.185. The van der Waals surface area contributed by atoms with E-state index in [0.29, 0.717) is 54.4 Å². The fourth-order valence-electron chi connectivity index (χ4n) is 5.09. The first-order chi connectivity index (χ1) is 21.0. The first-order valence-corrected chi connectivity index (χ1v) is 16.6. The monoisotopic (exact) mass is 660 g/mol. The van der Waals surface area contributed by atoms with Gasteiger partial charge in [0.15, 0.2) is 0 Å². The zero-order valence-electron chi connectivity index (χ0n) is 23.8. The van der Waals surface area contributed by atoms with E-state index < -0.39 is 53.1 Å². The highest BCUT2D eigenvalue weighted by atomic mass is 32.2. The molecule has 0 saturated carbocycles. The minimum Gasteiger partial charge on any atom is -0.382 e. The van der Waals surface area contributed by atoms with Gasteiger partial charge >= 0.3 is 10.1 Å². The maximum Gasteiger partial charge on any atom is 0.309 e. The van der Waals surface area contributed by atoms with Gasteiger partial charge < -0.3 is 18.6 Å². The summed E-state index contributed by atoms with van der Waals surface area (Å²) in [5.74, 6) is -0.291. The second-order valence-electron chi connectivity index (χ2n) is 10.6. The largest absolute Gasteiger partial charge is 0.382 e. The number of amides is 1. The summed E-state index contributed by atoms with van der Waals surface area (Å²) in [4.78, 5) is 19.0. The number of fused-ring (bicyclic) bond motifs is 1. The predicted octanol–water partition coefficient (Wildman–Crippen LogP) is 5.88. The molecule has 0 radical (unpaired) electrons. The van der Waals surface area contributed by atoms with E-state index in [-0.39, 0.29) is 30.6 Å². The van der Waals surface area contributed by atoms with Crippen LogP contribution in [0.15, 0.2) is 29.6 Å². The number of nitrogens with zero attached hydrogens (tertiary/aromatic N) is 4. The number of hydrogen-bond donors (Lipinski definition) is 0. The minimum atomic E-state index is -3.74. The minimum absolute atomic E-state index is 0.0425. The number of halogens is 4. The van der Waals surface area contributed by atoms with E-state index in [1.165, 1.54) is 16.2 Å². The number of ether oxygens (including phenoxy) is 2. The van der Waals surface area contributed by atoms with Crippen molar-refractivity contribution in [3.63, 3.8) is 0 Å². The molecule has 16 heteroatoms. The summed E-state index contributed by atoms with van der Waals surface area (Å²) in [6, 6.07) is 5.75. The Hall–Kier alpha value is -3.08. The molecule has 0 N–H and O–H groups in total. The third kappa shape index (κ3) is 7.58. The first-order valence-electron chi connectivity index (χ1n) is 14.2. The van der Waals surface area contributed by atoms with Crippen LogP contribution in [0.2, 0.25) is 0 Å². The molecule has 5 rings (SSSR count). The lowest BCUT2D eigenvalue weighted by molar-refractivity contribution is -0.155. The van der Waals surface area contributed by atoms with E-state index in [0.717, 1.165) is 17.0 Å². The molecule has 240 valence electrons. The van der Waals surface area contributed by atoms with Gasteiger partial charge in [0.2, 0.25) is 12.2 Å². The van der Waals surface area contributed by atoms with Crippen LogP contribution in [0, 0.1) is 0 Å². The fraction of sp³-hybridized carbons (Fsp3) is 0.536. The summed E-state index contributed by atoms with van der Waals surface area (Å²) in [6.07, 6.45) is -4.46. The van der Waals surface area contributed by atoms with Crippen molar-refractivity contribution in [2.24, 2.45) is 0 Å². The van der Waals surface area contributed by atoms with Crippen molar-refractivity contribution in [3.8, 4) is 5.75 Å². The van der Waals surface area contributed by atoms with Gasteiger partial charge in [0.1, 0.15) is 29.4 Å². The zero-order chi connectivity index (χ0) is 31.4. The topological polar surface area (TPSA) is 113 Å². The molecule has 2 aliphatic heterocycles. The molecule has 44 heavy (non-hydrogen) atoms. The van der Waals surface area contributed by atoms with Crippen molar-refractivity contribution in [1.29, 1.82) is 0 Å². The summed E-state index contributed by atoms with van der Waals surface area (Å²) < 4.78 is 95.3. The highest BCUT2D eigenvalue weighted by molar-refractivity contribution is 7.87. The normalized spacial score (nSPS) is 18.1. The molecule has 3 aromatic rings. The molecule has 0 bridgehead atoms. The Kier molecular flexibility index (Phi) is 10.2. The molecule has 0 aliphatic carbocycles. The van der Waals surface area contributed by atoms with Crippen LogP contribution < -0.4 is 4.18 Å². The number of benzene rings is 1. The number of piperidine rings is 1. The molecular formula is C28H32F4N4O6S2. The smallest absolute Gasteiger partial charge is 0.309 e. The number of unbranched alkanes of at least 4 members (excludes halogenated alkanes) is 1. The van der Waals surface area contributed by atoms with E-state index in [2.05, 4.69) is 5.10 Å². The number of rotatable bonds is 11. The van der Waals surface area contributed by atoms with Crippen LogP contribution in [-0.2, 0) is 44.1 Å². The Bertz CT molecular complexity index is 1560. The summed E-state index contributed by atoms with van der Waals surface area (Å²) in [6.45, 7) is 2.28. The number of hydrogen-bond acceptors (Lipinski definition) is 9. The molecule has 10 nitrogen and oxygen atoms in total. The fourth-order valence-corrected chi connectivity index (χ4v) is 7.24. The molecule has 4 heterocycles. The van der Waals surface area contributed by atoms with Gasteiger partial charge in [0.25, 0.3) is 12.9 Å². The second kappa shape index (κ2) is 13.9. The van der Waals surface area contributed by atoms with Gasteiger partial charge in [-0.3, -0.25) is 9.48 Å². The molecule has 1 unspecified atom stereocenters. The third-order valence-corrected chi connectivity index (χ3v) is 9.75. The highest BCUT2D eigenvalue weighted by Gasteiger charge is 2.30. The third-order valence-electron chi connectivity index (χ3n) is 7.50. The summed E-state index contributed by atoms with van der Waals surface area (Å²) in [7, 11) is -3.74. The van der Waals surface area contributed by atoms with Crippen molar-refractivity contribution in [1.82, 2.24) is 19.7 Å². The number of carbonyl (C=O) groups excluding carboxylic acids is 1. The van der Waals surface area contributed by atoms with Crippen LogP contribution in [0.25, 0.3) is 0 Å². The Labute approximate surface area is 256 Å². The molecule has 0 spiro atoms. The molecular weight excluding hydrogens is 628 g/mol. The molecule has 1 amide bonds. The van der Waals surface area contributed by atoms with Gasteiger partial charge in [-0.25, -0.2) is 22.5 Å². The Morgan fingerprint density at radius 1 is 1.14 bits per heavy atom. The van der Waals surface area contributed by atoms with E-state index >= 15 is 0 Å². The molecule has 1 atom stereocenters. The van der Waals surface area contributed by atoms with E-state index in [1.54, 1.807) is 12.1 Å². The lowest BCUT2D eigenvalue weighted by atomic mass is 9.97. The summed E-state index contributed by atoms with van der Waals surface area (Å²) in [5, 5.41) is 6.17. The van der Waals surface area contributed by atoms with Crippen molar-refractivity contribution in [2.75, 3.05) is 18.8 Å². The standard InChI is InChI=1S/C28H32F4N4O6S2/c1-2-3-11-44(38,39)42-23-6-4-5-18-14-40-28(41-15-19(18)23)21-16-43-27(33-21)17-7-9-35(10-8-17)24(37)13-36-22(26(31)32)12-20(34-36)25(29)30/h4-6,12,16-17,25-26,28H,2-3,7-11,13-15H2,1H3. The maximum absolute atomic E-state index is 13.3. The predicted molar refractivity (Wildman–Crippen MR) is 151 cm³/mol. The lowest BCUT2D eigenvalue weighted by Crippen LogP contribution is -2.40. The van der Waals surface area contributed by atoms with E-state index in [9.17, 15) is 30.8 Å². The van der Waals surface area contributed by atoms with Crippen molar-refractivity contribution in [2.45, 2.75) is 77.4 Å². The Morgan fingerprint density at radius 2 is 1.89 bits per heavy atom. The van der Waals surface area contributed by atoms with Gasteiger partial charge in [0, 0.05) is 30.0 Å². The number of thiazole rings is 1.